The molecule has 0 aliphatic carbocycles. The van der Waals surface area contributed by atoms with Crippen LogP contribution in [0, 0.1) is 12.8 Å². The molecule has 0 amide bonds. The topological polar surface area (TPSA) is 40.5 Å². The Morgan fingerprint density at radius 3 is 2.59 bits per heavy atom. The van der Waals surface area contributed by atoms with Gasteiger partial charge in [0.15, 0.2) is 0 Å². The second kappa shape index (κ2) is 4.88. The molecule has 3 nitrogen and oxygen atoms in total. The fraction of sp³-hybridized carbons (Fsp3) is 0.500. The molecule has 2 rings (SSSR count). The molecule has 1 aromatic rings. The smallest absolute Gasteiger partial charge is 0.308 e. The molecule has 2 atom stereocenters. The van der Waals surface area contributed by atoms with Crippen molar-refractivity contribution in [3.63, 3.8) is 0 Å². The number of nitrogens with zero attached hydrogens (tertiary/aromatic N) is 1. The monoisotopic (exact) mass is 233 g/mol. The Morgan fingerprint density at radius 1 is 1.41 bits per heavy atom. The highest BCUT2D eigenvalue weighted by atomic mass is 16.4. The van der Waals surface area contributed by atoms with Gasteiger partial charge in [0.2, 0.25) is 0 Å². The van der Waals surface area contributed by atoms with E-state index in [1.165, 1.54) is 11.1 Å². The molecule has 1 fully saturated rings. The summed E-state index contributed by atoms with van der Waals surface area (Å²) >= 11 is 0. The highest BCUT2D eigenvalue weighted by Gasteiger charge is 2.35. The summed E-state index contributed by atoms with van der Waals surface area (Å²) < 4.78 is 0. The van der Waals surface area contributed by atoms with Gasteiger partial charge >= 0.3 is 5.97 Å². The fourth-order valence-corrected chi connectivity index (χ4v) is 2.49. The number of aryl methyl sites for hydroxylation is 1. The van der Waals surface area contributed by atoms with Crippen LogP contribution in [0.15, 0.2) is 24.3 Å². The molecule has 17 heavy (non-hydrogen) atoms. The molecule has 3 heteroatoms. The zero-order valence-corrected chi connectivity index (χ0v) is 10.4. The normalized spacial score (nSPS) is 25.1. The van der Waals surface area contributed by atoms with Crippen LogP contribution >= 0.6 is 0 Å². The van der Waals surface area contributed by atoms with Gasteiger partial charge in [0.1, 0.15) is 0 Å². The van der Waals surface area contributed by atoms with E-state index >= 15 is 0 Å². The van der Waals surface area contributed by atoms with E-state index in [4.69, 9.17) is 5.11 Å². The van der Waals surface area contributed by atoms with Gasteiger partial charge in [0.25, 0.3) is 0 Å². The lowest BCUT2D eigenvalue weighted by Gasteiger charge is -2.23. The molecule has 0 aromatic heterocycles. The number of likely N-dealkylation sites (tertiary alicyclic amines) is 1. The number of carboxylic acids is 1. The summed E-state index contributed by atoms with van der Waals surface area (Å²) in [6.45, 7) is 5.82. The highest BCUT2D eigenvalue weighted by molar-refractivity contribution is 5.71. The Labute approximate surface area is 102 Å². The van der Waals surface area contributed by atoms with Gasteiger partial charge < -0.3 is 5.11 Å². The summed E-state index contributed by atoms with van der Waals surface area (Å²) in [7, 11) is 0. The third kappa shape index (κ3) is 2.67. The third-order valence-electron chi connectivity index (χ3n) is 3.71. The summed E-state index contributed by atoms with van der Waals surface area (Å²) in [6.07, 6.45) is 0.766. The van der Waals surface area contributed by atoms with Crippen molar-refractivity contribution >= 4 is 5.97 Å². The Hall–Kier alpha value is -1.35. The van der Waals surface area contributed by atoms with Gasteiger partial charge in [-0.15, -0.1) is 0 Å². The summed E-state index contributed by atoms with van der Waals surface area (Å²) in [6, 6.07) is 8.58. The molecule has 1 aromatic carbocycles. The molecule has 0 bridgehead atoms. The predicted octanol–water partition coefficient (Wildman–Crippen LogP) is 2.29. The molecule has 1 aliphatic rings. The molecular formula is C14H19NO2. The van der Waals surface area contributed by atoms with Crippen LogP contribution in [0.25, 0.3) is 0 Å². The Bertz CT molecular complexity index is 399. The van der Waals surface area contributed by atoms with E-state index in [0.717, 1.165) is 19.5 Å². The van der Waals surface area contributed by atoms with Gasteiger partial charge in [-0.1, -0.05) is 29.8 Å². The van der Waals surface area contributed by atoms with Gasteiger partial charge in [-0.05, 0) is 32.4 Å². The van der Waals surface area contributed by atoms with Crippen molar-refractivity contribution in [2.75, 3.05) is 6.54 Å². The van der Waals surface area contributed by atoms with Crippen LogP contribution in [-0.4, -0.2) is 28.6 Å². The maximum atomic E-state index is 11.0. The van der Waals surface area contributed by atoms with Crippen LogP contribution in [0.4, 0.5) is 0 Å². The molecule has 92 valence electrons. The summed E-state index contributed by atoms with van der Waals surface area (Å²) in [5.74, 6) is -0.871. The van der Waals surface area contributed by atoms with Gasteiger partial charge in [0, 0.05) is 12.6 Å². The number of benzene rings is 1. The molecular weight excluding hydrogens is 214 g/mol. The Kier molecular flexibility index (Phi) is 3.48. The Morgan fingerprint density at radius 2 is 2.06 bits per heavy atom. The lowest BCUT2D eigenvalue weighted by molar-refractivity contribution is -0.142. The van der Waals surface area contributed by atoms with Gasteiger partial charge in [-0.2, -0.15) is 0 Å². The minimum Gasteiger partial charge on any atom is -0.481 e. The van der Waals surface area contributed by atoms with Crippen molar-refractivity contribution in [2.45, 2.75) is 32.9 Å². The van der Waals surface area contributed by atoms with Crippen molar-refractivity contribution in [2.24, 2.45) is 5.92 Å². The number of hydrogen-bond acceptors (Lipinski definition) is 2. The summed E-state index contributed by atoms with van der Waals surface area (Å²) in [5.41, 5.74) is 2.51. The number of carbonyl (C=O) groups is 1. The van der Waals surface area contributed by atoms with E-state index in [1.54, 1.807) is 0 Å². The minimum atomic E-state index is -0.663. The average Bonchev–Trinajstić information content (AvgIpc) is 2.64. The molecule has 0 radical (unpaired) electrons. The first-order valence-corrected chi connectivity index (χ1v) is 6.10. The van der Waals surface area contributed by atoms with E-state index in [1.807, 2.05) is 6.92 Å². The predicted molar refractivity (Wildman–Crippen MR) is 66.8 cm³/mol. The first-order valence-electron chi connectivity index (χ1n) is 6.10. The zero-order valence-electron chi connectivity index (χ0n) is 10.4. The maximum Gasteiger partial charge on any atom is 0.308 e. The van der Waals surface area contributed by atoms with Crippen LogP contribution in [-0.2, 0) is 11.3 Å². The molecule has 1 saturated heterocycles. The standard InChI is InChI=1S/C14H19NO2/c1-10-3-5-12(6-4-10)9-15-8-7-13(11(15)2)14(16)17/h3-6,11,13H,7-9H2,1-2H3,(H,16,17)/t11-,13+/m1/s1. The molecule has 0 saturated carbocycles. The highest BCUT2D eigenvalue weighted by Crippen LogP contribution is 2.25. The van der Waals surface area contributed by atoms with Crippen LogP contribution < -0.4 is 0 Å². The van der Waals surface area contributed by atoms with Crippen LogP contribution in [0.1, 0.15) is 24.5 Å². The maximum absolute atomic E-state index is 11.0. The minimum absolute atomic E-state index is 0.133. The van der Waals surface area contributed by atoms with Gasteiger partial charge in [-0.25, -0.2) is 0 Å². The average molecular weight is 233 g/mol. The van der Waals surface area contributed by atoms with Crippen molar-refractivity contribution in [3.8, 4) is 0 Å². The van der Waals surface area contributed by atoms with E-state index in [9.17, 15) is 4.79 Å². The molecule has 1 heterocycles. The van der Waals surface area contributed by atoms with E-state index < -0.39 is 5.97 Å². The van der Waals surface area contributed by atoms with Gasteiger partial charge in [0.05, 0.1) is 5.92 Å². The molecule has 1 aliphatic heterocycles. The van der Waals surface area contributed by atoms with Crippen LogP contribution in [0.5, 0.6) is 0 Å². The van der Waals surface area contributed by atoms with Crippen LogP contribution in [0.3, 0.4) is 0 Å². The largest absolute Gasteiger partial charge is 0.481 e. The third-order valence-corrected chi connectivity index (χ3v) is 3.71. The molecule has 0 spiro atoms. The summed E-state index contributed by atoms with van der Waals surface area (Å²) in [5, 5.41) is 9.08. The molecule has 0 unspecified atom stereocenters. The first kappa shape index (κ1) is 12.1. The number of rotatable bonds is 3. The fourth-order valence-electron chi connectivity index (χ4n) is 2.49. The lowest BCUT2D eigenvalue weighted by Crippen LogP contribution is -2.32. The van der Waals surface area contributed by atoms with Crippen LogP contribution in [0.2, 0.25) is 0 Å². The SMILES string of the molecule is Cc1ccc(CN2CC[C@H](C(=O)O)[C@H]2C)cc1. The lowest BCUT2D eigenvalue weighted by atomic mass is 10.0. The first-order chi connectivity index (χ1) is 8.08. The van der Waals surface area contributed by atoms with Crippen molar-refractivity contribution < 1.29 is 9.90 Å². The number of carboxylic acid groups (broad SMARTS) is 1. The second-order valence-electron chi connectivity index (χ2n) is 4.93. The number of hydrogen-bond donors (Lipinski definition) is 1. The van der Waals surface area contributed by atoms with Crippen molar-refractivity contribution in [1.29, 1.82) is 0 Å². The zero-order chi connectivity index (χ0) is 12.4. The Balaban J connectivity index is 2.01. The van der Waals surface area contributed by atoms with E-state index in [0.29, 0.717) is 0 Å². The van der Waals surface area contributed by atoms with E-state index in [2.05, 4.69) is 36.1 Å². The number of aliphatic carboxylic acids is 1. The molecule has 1 N–H and O–H groups in total. The van der Waals surface area contributed by atoms with Gasteiger partial charge in [-0.3, -0.25) is 9.69 Å². The van der Waals surface area contributed by atoms with Crippen molar-refractivity contribution in [1.82, 2.24) is 4.90 Å². The quantitative estimate of drug-likeness (QED) is 0.870. The van der Waals surface area contributed by atoms with E-state index in [-0.39, 0.29) is 12.0 Å². The second-order valence-corrected chi connectivity index (χ2v) is 4.93. The van der Waals surface area contributed by atoms with Crippen molar-refractivity contribution in [3.05, 3.63) is 35.4 Å². The summed E-state index contributed by atoms with van der Waals surface area (Å²) in [4.78, 5) is 13.3.